The zero-order chi connectivity index (χ0) is 44.8. The van der Waals surface area contributed by atoms with Crippen LogP contribution in [0.3, 0.4) is 0 Å². The van der Waals surface area contributed by atoms with Gasteiger partial charge in [-0.25, -0.2) is 0 Å². The molecule has 0 aromatic rings. The van der Waals surface area contributed by atoms with E-state index in [2.05, 4.69) is 39.0 Å². The van der Waals surface area contributed by atoms with Crippen LogP contribution in [0.1, 0.15) is 25.7 Å². The van der Waals surface area contributed by atoms with Gasteiger partial charge in [-0.15, -0.1) is 19.3 Å². The van der Waals surface area contributed by atoms with Gasteiger partial charge in [-0.2, -0.15) is 0 Å². The van der Waals surface area contributed by atoms with Crippen molar-refractivity contribution in [3.63, 3.8) is 0 Å². The number of carbonyl (C=O) groups excluding carboxylic acids is 4. The maximum atomic E-state index is 13.3. The number of hydrogen-bond donors (Lipinski definition) is 5. The lowest BCUT2D eigenvalue weighted by Gasteiger charge is -2.34. The standard InChI is InChI=1S/C41H69N5O15/c1-4-15-51-26-31-56-23-12-43-37(47)7-19-59-34-41(46-40(50)10-18-54-29-30-55-22-11-42,35-60-20-8-38(48)44-13-24-57-32-27-52-16-5-2)36-61-21-9-39(49)45-14-25-58-33-28-53-17-6-3/h1-3H,7-36,42H2,(H,43,47)(H,44,48)(H,45,49)(H,46,50). The SMILES string of the molecule is C#CCOCCOCCNC(=O)CCOCC(COCCC(=O)NCCOCCOCC#C)(COCCC(=O)NCCOCCOCC#C)NC(=O)CCOCCOCCN. The number of nitrogens with two attached hydrogens (primary N) is 1. The molecule has 0 unspecified atom stereocenters. The number of ether oxygens (including phenoxy) is 11. The molecule has 0 rings (SSSR count). The molecule has 0 aliphatic heterocycles. The van der Waals surface area contributed by atoms with Crippen molar-refractivity contribution in [3.8, 4) is 37.0 Å². The second-order valence-electron chi connectivity index (χ2n) is 12.7. The van der Waals surface area contributed by atoms with Gasteiger partial charge >= 0.3 is 0 Å². The summed E-state index contributed by atoms with van der Waals surface area (Å²) < 4.78 is 60.2. The van der Waals surface area contributed by atoms with Gasteiger partial charge in [0.15, 0.2) is 0 Å². The van der Waals surface area contributed by atoms with Gasteiger partial charge in [0.05, 0.1) is 126 Å². The molecule has 348 valence electrons. The van der Waals surface area contributed by atoms with Gasteiger partial charge in [-0.3, -0.25) is 19.2 Å². The van der Waals surface area contributed by atoms with Crippen molar-refractivity contribution >= 4 is 23.6 Å². The number of terminal acetylenes is 3. The second-order valence-corrected chi connectivity index (χ2v) is 12.7. The van der Waals surface area contributed by atoms with Gasteiger partial charge in [0, 0.05) is 51.9 Å². The van der Waals surface area contributed by atoms with E-state index in [1.165, 1.54) is 0 Å². The molecule has 0 aliphatic carbocycles. The molecule has 0 bridgehead atoms. The third-order valence-corrected chi connectivity index (χ3v) is 7.45. The monoisotopic (exact) mass is 871 g/mol. The predicted molar refractivity (Wildman–Crippen MR) is 223 cm³/mol. The van der Waals surface area contributed by atoms with E-state index in [1.807, 2.05) is 0 Å². The Bertz CT molecular complexity index is 1120. The van der Waals surface area contributed by atoms with E-state index in [0.717, 1.165) is 0 Å². The summed E-state index contributed by atoms with van der Waals surface area (Å²) in [5, 5.41) is 11.2. The maximum Gasteiger partial charge on any atom is 0.222 e. The lowest BCUT2D eigenvalue weighted by atomic mass is 10.0. The zero-order valence-electron chi connectivity index (χ0n) is 35.6. The summed E-state index contributed by atoms with van der Waals surface area (Å²) in [5.41, 5.74) is 4.15. The number of carbonyl (C=O) groups is 4. The molecule has 61 heavy (non-hydrogen) atoms. The minimum Gasteiger partial charge on any atom is -0.379 e. The van der Waals surface area contributed by atoms with E-state index in [9.17, 15) is 19.2 Å². The first kappa shape index (κ1) is 57.1. The minimum atomic E-state index is -1.29. The first-order valence-corrected chi connectivity index (χ1v) is 20.3. The highest BCUT2D eigenvalue weighted by atomic mass is 16.5. The van der Waals surface area contributed by atoms with Crippen LogP contribution in [-0.2, 0) is 71.3 Å². The number of nitrogens with one attached hydrogen (secondary N) is 4. The van der Waals surface area contributed by atoms with Gasteiger partial charge in [-0.1, -0.05) is 17.8 Å². The van der Waals surface area contributed by atoms with Gasteiger partial charge < -0.3 is 79.1 Å². The average molecular weight is 872 g/mol. The van der Waals surface area contributed by atoms with Crippen molar-refractivity contribution in [1.29, 1.82) is 0 Å². The van der Waals surface area contributed by atoms with E-state index in [1.54, 1.807) is 0 Å². The quantitative estimate of drug-likeness (QED) is 0.0322. The number of hydrogen-bond acceptors (Lipinski definition) is 16. The van der Waals surface area contributed by atoms with Gasteiger partial charge in [-0.05, 0) is 0 Å². The van der Waals surface area contributed by atoms with Crippen LogP contribution in [-0.4, -0.2) is 201 Å². The largest absolute Gasteiger partial charge is 0.379 e. The van der Waals surface area contributed by atoms with Gasteiger partial charge in [0.25, 0.3) is 0 Å². The fourth-order valence-corrected chi connectivity index (χ4v) is 4.56. The summed E-state index contributed by atoms with van der Waals surface area (Å²) >= 11 is 0. The molecule has 0 heterocycles. The summed E-state index contributed by atoms with van der Waals surface area (Å²) in [6.07, 6.45) is 15.4. The highest BCUT2D eigenvalue weighted by molar-refractivity contribution is 5.77. The van der Waals surface area contributed by atoms with Crippen LogP contribution in [0.5, 0.6) is 0 Å². The molecule has 4 amide bonds. The fourth-order valence-electron chi connectivity index (χ4n) is 4.56. The molecule has 0 spiro atoms. The van der Waals surface area contributed by atoms with Crippen molar-refractivity contribution in [2.24, 2.45) is 5.73 Å². The Kier molecular flexibility index (Phi) is 41.3. The number of rotatable bonds is 45. The van der Waals surface area contributed by atoms with E-state index < -0.39 is 11.4 Å². The Morgan fingerprint density at radius 2 is 0.689 bits per heavy atom. The molecule has 0 radical (unpaired) electrons. The molecule has 6 N–H and O–H groups in total. The molecule has 20 heteroatoms. The van der Waals surface area contributed by atoms with Crippen molar-refractivity contribution in [2.75, 3.05) is 172 Å². The Hall–Kier alpha value is -3.92. The van der Waals surface area contributed by atoms with Crippen LogP contribution in [0.2, 0.25) is 0 Å². The molecule has 0 aliphatic rings. The Balaban J connectivity index is 5.36. The predicted octanol–water partition coefficient (Wildman–Crippen LogP) is -2.21. The Labute approximate surface area is 361 Å². The molecule has 0 saturated carbocycles. The molecule has 0 aromatic carbocycles. The molecular weight excluding hydrogens is 802 g/mol. The topological polar surface area (TPSA) is 244 Å². The summed E-state index contributed by atoms with van der Waals surface area (Å²) in [7, 11) is 0. The van der Waals surface area contributed by atoms with E-state index in [0.29, 0.717) is 59.4 Å². The van der Waals surface area contributed by atoms with Gasteiger partial charge in [0.1, 0.15) is 25.4 Å². The maximum absolute atomic E-state index is 13.3. The van der Waals surface area contributed by atoms with E-state index in [-0.39, 0.29) is 156 Å². The third-order valence-electron chi connectivity index (χ3n) is 7.45. The average Bonchev–Trinajstić information content (AvgIpc) is 3.25. The van der Waals surface area contributed by atoms with Crippen LogP contribution >= 0.6 is 0 Å². The summed E-state index contributed by atoms with van der Waals surface area (Å²) in [4.78, 5) is 50.7. The summed E-state index contributed by atoms with van der Waals surface area (Å²) in [6.45, 7) is 5.39. The summed E-state index contributed by atoms with van der Waals surface area (Å²) in [5.74, 6) is 5.88. The van der Waals surface area contributed by atoms with Crippen LogP contribution < -0.4 is 27.0 Å². The van der Waals surface area contributed by atoms with Crippen molar-refractivity contribution in [1.82, 2.24) is 21.3 Å². The fraction of sp³-hybridized carbons (Fsp3) is 0.756. The van der Waals surface area contributed by atoms with Crippen LogP contribution in [0, 0.1) is 37.0 Å². The van der Waals surface area contributed by atoms with E-state index in [4.69, 9.17) is 77.1 Å². The van der Waals surface area contributed by atoms with Crippen LogP contribution in [0.25, 0.3) is 0 Å². The first-order chi connectivity index (χ1) is 29.8. The molecule has 0 saturated heterocycles. The molecule has 0 aromatic heterocycles. The normalized spacial score (nSPS) is 11.0. The van der Waals surface area contributed by atoms with Crippen molar-refractivity contribution in [3.05, 3.63) is 0 Å². The highest BCUT2D eigenvalue weighted by Gasteiger charge is 2.34. The second kappa shape index (κ2) is 44.1. The van der Waals surface area contributed by atoms with Crippen molar-refractivity contribution < 1.29 is 71.3 Å². The zero-order valence-corrected chi connectivity index (χ0v) is 35.6. The first-order valence-electron chi connectivity index (χ1n) is 20.3. The highest BCUT2D eigenvalue weighted by Crippen LogP contribution is 2.11. The molecular formula is C41H69N5O15. The Morgan fingerprint density at radius 3 is 1.03 bits per heavy atom. The smallest absolute Gasteiger partial charge is 0.222 e. The Morgan fingerprint density at radius 1 is 0.393 bits per heavy atom. The summed E-state index contributed by atoms with van der Waals surface area (Å²) in [6, 6.07) is 0. The van der Waals surface area contributed by atoms with Crippen LogP contribution in [0.15, 0.2) is 0 Å². The third kappa shape index (κ3) is 39.9. The minimum absolute atomic E-state index is 0.00281. The van der Waals surface area contributed by atoms with Gasteiger partial charge in [0.2, 0.25) is 23.6 Å². The lowest BCUT2D eigenvalue weighted by molar-refractivity contribution is -0.131. The molecule has 0 atom stereocenters. The molecule has 20 nitrogen and oxygen atoms in total. The van der Waals surface area contributed by atoms with E-state index >= 15 is 0 Å². The number of amides is 4. The van der Waals surface area contributed by atoms with Crippen molar-refractivity contribution in [2.45, 2.75) is 31.2 Å². The van der Waals surface area contributed by atoms with Crippen LogP contribution in [0.4, 0.5) is 0 Å². The molecule has 0 fully saturated rings. The lowest BCUT2D eigenvalue weighted by Crippen LogP contribution is -2.59.